The van der Waals surface area contributed by atoms with Crippen LogP contribution in [0.3, 0.4) is 0 Å². The lowest BCUT2D eigenvalue weighted by Gasteiger charge is -2.03. The molecule has 1 aromatic carbocycles. The fourth-order valence-corrected chi connectivity index (χ4v) is 3.20. The second-order valence-electron chi connectivity index (χ2n) is 4.20. The number of carbonyl (C=O) groups is 2. The van der Waals surface area contributed by atoms with Crippen molar-refractivity contribution in [1.29, 1.82) is 0 Å². The van der Waals surface area contributed by atoms with Crippen LogP contribution in [0, 0.1) is 0 Å². The van der Waals surface area contributed by atoms with Crippen LogP contribution in [-0.4, -0.2) is 29.2 Å². The van der Waals surface area contributed by atoms with Crippen LogP contribution < -0.4 is 10.6 Å². The van der Waals surface area contributed by atoms with Crippen LogP contribution in [-0.2, 0) is 4.79 Å². The molecule has 0 spiro atoms. The highest BCUT2D eigenvalue weighted by Crippen LogP contribution is 2.27. The number of thioether (sulfide) groups is 1. The van der Waals surface area contributed by atoms with Crippen molar-refractivity contribution in [3.8, 4) is 11.3 Å². The van der Waals surface area contributed by atoms with E-state index in [0.29, 0.717) is 6.54 Å². The van der Waals surface area contributed by atoms with Crippen molar-refractivity contribution in [2.24, 2.45) is 0 Å². The number of hydrogen-bond donors (Lipinski definition) is 2. The molecule has 5 nitrogen and oxygen atoms in total. The van der Waals surface area contributed by atoms with Crippen LogP contribution in [0.15, 0.2) is 52.7 Å². The first kappa shape index (κ1) is 16.3. The zero-order valence-electron chi connectivity index (χ0n) is 11.7. The topological polar surface area (TPSA) is 71.1 Å². The van der Waals surface area contributed by atoms with E-state index in [4.69, 9.17) is 0 Å². The Morgan fingerprint density at radius 2 is 2.09 bits per heavy atom. The third kappa shape index (κ3) is 5.01. The molecule has 0 atom stereocenters. The van der Waals surface area contributed by atoms with Gasteiger partial charge in [0.15, 0.2) is 4.34 Å². The largest absolute Gasteiger partial charge is 0.334 e. The monoisotopic (exact) mass is 333 g/mol. The Hall–Kier alpha value is -2.12. The van der Waals surface area contributed by atoms with Gasteiger partial charge in [-0.1, -0.05) is 48.2 Å². The van der Waals surface area contributed by atoms with E-state index in [0.717, 1.165) is 15.6 Å². The highest BCUT2D eigenvalue weighted by Gasteiger charge is 2.10. The Kier molecular flexibility index (Phi) is 6.17. The van der Waals surface area contributed by atoms with Gasteiger partial charge in [0.05, 0.1) is 11.4 Å². The molecule has 0 aliphatic heterocycles. The summed E-state index contributed by atoms with van der Waals surface area (Å²) in [6.45, 7) is 3.80. The molecule has 1 heterocycles. The average Bonchev–Trinajstić information content (AvgIpc) is 3.01. The Balaban J connectivity index is 1.82. The normalized spacial score (nSPS) is 10.0. The molecule has 3 amide bonds. The third-order valence-electron chi connectivity index (χ3n) is 2.54. The molecule has 0 unspecified atom stereocenters. The third-order valence-corrected chi connectivity index (χ3v) is 4.56. The van der Waals surface area contributed by atoms with E-state index in [2.05, 4.69) is 22.2 Å². The highest BCUT2D eigenvalue weighted by atomic mass is 32.2. The lowest BCUT2D eigenvalue weighted by Crippen LogP contribution is -2.40. The predicted molar refractivity (Wildman–Crippen MR) is 90.0 cm³/mol. The van der Waals surface area contributed by atoms with Crippen molar-refractivity contribution >= 4 is 35.0 Å². The molecule has 2 rings (SSSR count). The molecule has 114 valence electrons. The van der Waals surface area contributed by atoms with Crippen LogP contribution in [0.4, 0.5) is 4.79 Å². The number of nitrogens with one attached hydrogen (secondary N) is 2. The SMILES string of the molecule is C=CCNC(=O)NC(=O)CSc1nc(-c2ccccc2)cs1. The minimum atomic E-state index is -0.519. The molecular weight excluding hydrogens is 318 g/mol. The van der Waals surface area contributed by atoms with Gasteiger partial charge in [0.1, 0.15) is 0 Å². The average molecular weight is 333 g/mol. The lowest BCUT2D eigenvalue weighted by molar-refractivity contribution is -0.117. The van der Waals surface area contributed by atoms with Gasteiger partial charge in [-0.05, 0) is 0 Å². The van der Waals surface area contributed by atoms with Gasteiger partial charge in [-0.2, -0.15) is 0 Å². The maximum absolute atomic E-state index is 11.6. The van der Waals surface area contributed by atoms with Gasteiger partial charge in [-0.3, -0.25) is 10.1 Å². The van der Waals surface area contributed by atoms with Gasteiger partial charge in [-0.15, -0.1) is 17.9 Å². The van der Waals surface area contributed by atoms with Gasteiger partial charge >= 0.3 is 6.03 Å². The molecule has 2 aromatic rings. The van der Waals surface area contributed by atoms with Gasteiger partial charge in [0.25, 0.3) is 0 Å². The summed E-state index contributed by atoms with van der Waals surface area (Å²) in [6.07, 6.45) is 1.54. The lowest BCUT2D eigenvalue weighted by atomic mass is 10.2. The van der Waals surface area contributed by atoms with E-state index in [1.54, 1.807) is 6.08 Å². The van der Waals surface area contributed by atoms with Crippen LogP contribution in [0.25, 0.3) is 11.3 Å². The zero-order valence-corrected chi connectivity index (χ0v) is 13.4. The molecule has 2 N–H and O–H groups in total. The van der Waals surface area contributed by atoms with Crippen molar-refractivity contribution < 1.29 is 9.59 Å². The molecule has 22 heavy (non-hydrogen) atoms. The fraction of sp³-hybridized carbons (Fsp3) is 0.133. The van der Waals surface area contributed by atoms with E-state index < -0.39 is 6.03 Å². The maximum atomic E-state index is 11.6. The number of thiazole rings is 1. The number of urea groups is 1. The molecule has 1 aromatic heterocycles. The minimum Gasteiger partial charge on any atom is -0.334 e. The Morgan fingerprint density at radius 1 is 1.32 bits per heavy atom. The second kappa shape index (κ2) is 8.35. The smallest absolute Gasteiger partial charge is 0.321 e. The molecule has 0 bridgehead atoms. The number of nitrogens with zero attached hydrogens (tertiary/aromatic N) is 1. The predicted octanol–water partition coefficient (Wildman–Crippen LogP) is 2.91. The summed E-state index contributed by atoms with van der Waals surface area (Å²) < 4.78 is 0.792. The van der Waals surface area contributed by atoms with Gasteiger partial charge < -0.3 is 5.32 Å². The summed E-state index contributed by atoms with van der Waals surface area (Å²) in [5.74, 6) is -0.216. The van der Waals surface area contributed by atoms with E-state index in [1.165, 1.54) is 23.1 Å². The molecule has 0 aliphatic rings. The molecule has 0 radical (unpaired) electrons. The van der Waals surface area contributed by atoms with E-state index in [1.807, 2.05) is 35.7 Å². The van der Waals surface area contributed by atoms with Crippen molar-refractivity contribution in [2.75, 3.05) is 12.3 Å². The number of rotatable bonds is 6. The fourth-order valence-electron chi connectivity index (χ4n) is 1.56. The standard InChI is InChI=1S/C15H15N3O2S2/c1-2-8-16-14(20)18-13(19)10-22-15-17-12(9-21-15)11-6-4-3-5-7-11/h2-7,9H,1,8,10H2,(H2,16,18,19,20). The summed E-state index contributed by atoms with van der Waals surface area (Å²) in [7, 11) is 0. The van der Waals surface area contributed by atoms with Crippen LogP contribution >= 0.6 is 23.1 Å². The summed E-state index contributed by atoms with van der Waals surface area (Å²) in [6, 6.07) is 9.32. The van der Waals surface area contributed by atoms with Crippen molar-refractivity contribution in [2.45, 2.75) is 4.34 Å². The number of imide groups is 1. The van der Waals surface area contributed by atoms with Gasteiger partial charge in [-0.25, -0.2) is 9.78 Å². The highest BCUT2D eigenvalue weighted by molar-refractivity contribution is 8.01. The number of hydrogen-bond acceptors (Lipinski definition) is 5. The summed E-state index contributed by atoms with van der Waals surface area (Å²) in [5.41, 5.74) is 1.93. The first-order chi connectivity index (χ1) is 10.7. The van der Waals surface area contributed by atoms with E-state index >= 15 is 0 Å². The van der Waals surface area contributed by atoms with Crippen LogP contribution in [0.2, 0.25) is 0 Å². The van der Waals surface area contributed by atoms with E-state index in [9.17, 15) is 9.59 Å². The minimum absolute atomic E-state index is 0.142. The van der Waals surface area contributed by atoms with Crippen LogP contribution in [0.1, 0.15) is 0 Å². The molecule has 0 aliphatic carbocycles. The molecule has 0 saturated heterocycles. The second-order valence-corrected chi connectivity index (χ2v) is 6.28. The van der Waals surface area contributed by atoms with Crippen molar-refractivity contribution in [1.82, 2.24) is 15.6 Å². The number of carbonyl (C=O) groups excluding carboxylic acids is 2. The molecule has 0 fully saturated rings. The Bertz CT molecular complexity index is 656. The molecule has 0 saturated carbocycles. The first-order valence-electron chi connectivity index (χ1n) is 6.51. The quantitative estimate of drug-likeness (QED) is 0.630. The summed E-state index contributed by atoms with van der Waals surface area (Å²) >= 11 is 2.78. The molecular formula is C15H15N3O2S2. The maximum Gasteiger partial charge on any atom is 0.321 e. The number of benzene rings is 1. The van der Waals surface area contributed by atoms with E-state index in [-0.39, 0.29) is 11.7 Å². The summed E-state index contributed by atoms with van der Waals surface area (Å²) in [5, 5.41) is 6.67. The first-order valence-corrected chi connectivity index (χ1v) is 8.38. The number of aromatic nitrogens is 1. The Labute approximate surface area is 136 Å². The molecule has 7 heteroatoms. The number of amides is 3. The van der Waals surface area contributed by atoms with Crippen molar-refractivity contribution in [3.05, 3.63) is 48.4 Å². The Morgan fingerprint density at radius 3 is 2.82 bits per heavy atom. The van der Waals surface area contributed by atoms with Crippen LogP contribution in [0.5, 0.6) is 0 Å². The zero-order chi connectivity index (χ0) is 15.8. The summed E-state index contributed by atoms with van der Waals surface area (Å²) in [4.78, 5) is 27.4. The van der Waals surface area contributed by atoms with Gasteiger partial charge in [0, 0.05) is 17.5 Å². The van der Waals surface area contributed by atoms with Gasteiger partial charge in [0.2, 0.25) is 5.91 Å². The van der Waals surface area contributed by atoms with Crippen molar-refractivity contribution in [3.63, 3.8) is 0 Å².